The maximum atomic E-state index is 13.2. The quantitative estimate of drug-likeness (QED) is 0.880. The largest absolute Gasteiger partial charge is 0.478 e. The summed E-state index contributed by atoms with van der Waals surface area (Å²) in [5.41, 5.74) is 1.38. The van der Waals surface area contributed by atoms with Crippen molar-refractivity contribution >= 4 is 5.97 Å². The Bertz CT molecular complexity index is 621. The van der Waals surface area contributed by atoms with Gasteiger partial charge >= 0.3 is 5.97 Å². The molecule has 0 atom stereocenters. The zero-order valence-electron chi connectivity index (χ0n) is 9.58. The van der Waals surface area contributed by atoms with Gasteiger partial charge in [-0.2, -0.15) is 0 Å². The van der Waals surface area contributed by atoms with Crippen LogP contribution in [0.2, 0.25) is 0 Å². The van der Waals surface area contributed by atoms with Crippen molar-refractivity contribution in [2.45, 2.75) is 6.92 Å². The van der Waals surface area contributed by atoms with Gasteiger partial charge in [0.15, 0.2) is 11.6 Å². The van der Waals surface area contributed by atoms with Gasteiger partial charge in [-0.1, -0.05) is 29.8 Å². The number of benzene rings is 2. The molecule has 1 N–H and O–H groups in total. The maximum absolute atomic E-state index is 13.2. The molecule has 0 amide bonds. The molecular formula is C14H10F2O2. The van der Waals surface area contributed by atoms with Crippen LogP contribution in [0.5, 0.6) is 0 Å². The first-order valence-electron chi connectivity index (χ1n) is 5.28. The van der Waals surface area contributed by atoms with Crippen molar-refractivity contribution in [1.82, 2.24) is 0 Å². The SMILES string of the molecule is Cc1cccc(-c2cc(F)c(F)cc2C(=O)O)c1. The van der Waals surface area contributed by atoms with Gasteiger partial charge in [-0.15, -0.1) is 0 Å². The number of halogens is 2. The summed E-state index contributed by atoms with van der Waals surface area (Å²) >= 11 is 0. The first kappa shape index (κ1) is 12.2. The second-order valence-electron chi connectivity index (χ2n) is 3.99. The molecule has 0 aromatic heterocycles. The lowest BCUT2D eigenvalue weighted by Crippen LogP contribution is -2.02. The van der Waals surface area contributed by atoms with Gasteiger partial charge < -0.3 is 5.11 Å². The average molecular weight is 248 g/mol. The zero-order chi connectivity index (χ0) is 13.3. The van der Waals surface area contributed by atoms with Crippen LogP contribution in [0.4, 0.5) is 8.78 Å². The van der Waals surface area contributed by atoms with E-state index in [9.17, 15) is 13.6 Å². The Labute approximate surface area is 103 Å². The number of hydrogen-bond donors (Lipinski definition) is 1. The summed E-state index contributed by atoms with van der Waals surface area (Å²) in [7, 11) is 0. The monoisotopic (exact) mass is 248 g/mol. The lowest BCUT2D eigenvalue weighted by atomic mass is 9.98. The van der Waals surface area contributed by atoms with E-state index in [-0.39, 0.29) is 11.1 Å². The molecule has 0 aliphatic rings. The molecule has 0 unspecified atom stereocenters. The van der Waals surface area contributed by atoms with Gasteiger partial charge in [0.1, 0.15) is 0 Å². The fraction of sp³-hybridized carbons (Fsp3) is 0.0714. The third-order valence-corrected chi connectivity index (χ3v) is 2.62. The molecule has 18 heavy (non-hydrogen) atoms. The molecule has 0 spiro atoms. The summed E-state index contributed by atoms with van der Waals surface area (Å²) < 4.78 is 26.3. The molecule has 0 aliphatic carbocycles. The Kier molecular flexibility index (Phi) is 3.10. The van der Waals surface area contributed by atoms with Gasteiger partial charge in [0.05, 0.1) is 5.56 Å². The number of carboxylic acid groups (broad SMARTS) is 1. The smallest absolute Gasteiger partial charge is 0.336 e. The third kappa shape index (κ3) is 2.22. The number of hydrogen-bond acceptors (Lipinski definition) is 1. The summed E-state index contributed by atoms with van der Waals surface area (Å²) in [6.07, 6.45) is 0. The highest BCUT2D eigenvalue weighted by Gasteiger charge is 2.16. The van der Waals surface area contributed by atoms with E-state index >= 15 is 0 Å². The van der Waals surface area contributed by atoms with Crippen LogP contribution >= 0.6 is 0 Å². The Morgan fingerprint density at radius 3 is 2.39 bits per heavy atom. The second kappa shape index (κ2) is 4.56. The van der Waals surface area contributed by atoms with E-state index in [1.54, 1.807) is 18.2 Å². The van der Waals surface area contributed by atoms with Gasteiger partial charge in [0, 0.05) is 0 Å². The normalized spacial score (nSPS) is 10.4. The molecule has 0 fully saturated rings. The van der Waals surface area contributed by atoms with Crippen molar-refractivity contribution < 1.29 is 18.7 Å². The molecule has 2 aromatic rings. The Morgan fingerprint density at radius 1 is 1.11 bits per heavy atom. The number of aromatic carboxylic acids is 1. The minimum Gasteiger partial charge on any atom is -0.478 e. The topological polar surface area (TPSA) is 37.3 Å². The molecule has 0 saturated carbocycles. The third-order valence-electron chi connectivity index (χ3n) is 2.62. The fourth-order valence-electron chi connectivity index (χ4n) is 1.78. The highest BCUT2D eigenvalue weighted by atomic mass is 19.2. The first-order valence-corrected chi connectivity index (χ1v) is 5.28. The molecule has 2 aromatic carbocycles. The van der Waals surface area contributed by atoms with Crippen LogP contribution in [0.15, 0.2) is 36.4 Å². The molecule has 4 heteroatoms. The molecule has 2 rings (SSSR count). The van der Waals surface area contributed by atoms with Crippen LogP contribution in [-0.4, -0.2) is 11.1 Å². The van der Waals surface area contributed by atoms with Crippen LogP contribution in [0.25, 0.3) is 11.1 Å². The van der Waals surface area contributed by atoms with E-state index in [1.165, 1.54) is 0 Å². The summed E-state index contributed by atoms with van der Waals surface area (Å²) in [5.74, 6) is -3.51. The number of carbonyl (C=O) groups is 1. The number of carboxylic acids is 1. The standard InChI is InChI=1S/C14H10F2O2/c1-8-3-2-4-9(5-8)10-6-12(15)13(16)7-11(10)14(17)18/h2-7H,1H3,(H,17,18). The van der Waals surface area contributed by atoms with Crippen LogP contribution < -0.4 is 0 Å². The second-order valence-corrected chi connectivity index (χ2v) is 3.99. The Hall–Kier alpha value is -2.23. The molecule has 0 bridgehead atoms. The van der Waals surface area contributed by atoms with Gasteiger partial charge in [-0.3, -0.25) is 0 Å². The zero-order valence-corrected chi connectivity index (χ0v) is 9.58. The molecule has 0 saturated heterocycles. The summed E-state index contributed by atoms with van der Waals surface area (Å²) in [6.45, 7) is 1.84. The predicted molar refractivity (Wildman–Crippen MR) is 63.5 cm³/mol. The summed E-state index contributed by atoms with van der Waals surface area (Å²) in [5, 5.41) is 9.02. The van der Waals surface area contributed by atoms with E-state index in [0.717, 1.165) is 11.6 Å². The van der Waals surface area contributed by atoms with Crippen LogP contribution in [0, 0.1) is 18.6 Å². The fourth-order valence-corrected chi connectivity index (χ4v) is 1.78. The lowest BCUT2D eigenvalue weighted by Gasteiger charge is -2.08. The minimum atomic E-state index is -1.29. The van der Waals surface area contributed by atoms with E-state index in [4.69, 9.17) is 5.11 Å². The molecule has 0 heterocycles. The van der Waals surface area contributed by atoms with Gasteiger partial charge in [0.2, 0.25) is 0 Å². The maximum Gasteiger partial charge on any atom is 0.336 e. The van der Waals surface area contributed by atoms with E-state index in [1.807, 2.05) is 13.0 Å². The highest BCUT2D eigenvalue weighted by Crippen LogP contribution is 2.27. The minimum absolute atomic E-state index is 0.171. The van der Waals surface area contributed by atoms with Crippen molar-refractivity contribution in [3.05, 3.63) is 59.2 Å². The molecular weight excluding hydrogens is 238 g/mol. The van der Waals surface area contributed by atoms with Gasteiger partial charge in [-0.05, 0) is 30.2 Å². The van der Waals surface area contributed by atoms with Crippen LogP contribution in [0.1, 0.15) is 15.9 Å². The highest BCUT2D eigenvalue weighted by molar-refractivity contribution is 5.96. The van der Waals surface area contributed by atoms with Crippen molar-refractivity contribution in [2.75, 3.05) is 0 Å². The van der Waals surface area contributed by atoms with Gasteiger partial charge in [-0.25, -0.2) is 13.6 Å². The Morgan fingerprint density at radius 2 is 1.78 bits per heavy atom. The predicted octanol–water partition coefficient (Wildman–Crippen LogP) is 3.64. The summed E-state index contributed by atoms with van der Waals surface area (Å²) in [4.78, 5) is 11.1. The van der Waals surface area contributed by atoms with E-state index in [0.29, 0.717) is 11.6 Å². The molecule has 0 aliphatic heterocycles. The van der Waals surface area contributed by atoms with Crippen LogP contribution in [-0.2, 0) is 0 Å². The van der Waals surface area contributed by atoms with Crippen molar-refractivity contribution in [2.24, 2.45) is 0 Å². The van der Waals surface area contributed by atoms with E-state index < -0.39 is 17.6 Å². The summed E-state index contributed by atoms with van der Waals surface area (Å²) in [6, 6.07) is 8.56. The molecule has 2 nitrogen and oxygen atoms in total. The van der Waals surface area contributed by atoms with Gasteiger partial charge in [0.25, 0.3) is 0 Å². The number of aryl methyl sites for hydroxylation is 1. The van der Waals surface area contributed by atoms with Crippen molar-refractivity contribution in [1.29, 1.82) is 0 Å². The molecule has 0 radical (unpaired) electrons. The van der Waals surface area contributed by atoms with E-state index in [2.05, 4.69) is 0 Å². The van der Waals surface area contributed by atoms with Crippen molar-refractivity contribution in [3.8, 4) is 11.1 Å². The van der Waals surface area contributed by atoms with Crippen molar-refractivity contribution in [3.63, 3.8) is 0 Å². The number of rotatable bonds is 2. The molecule has 92 valence electrons. The van der Waals surface area contributed by atoms with Crippen LogP contribution in [0.3, 0.4) is 0 Å². The lowest BCUT2D eigenvalue weighted by molar-refractivity contribution is 0.0697. The first-order chi connectivity index (χ1) is 8.49. The average Bonchev–Trinajstić information content (AvgIpc) is 2.31. The Balaban J connectivity index is 2.69.